The summed E-state index contributed by atoms with van der Waals surface area (Å²) in [4.78, 5) is 37.0. The normalized spacial score (nSPS) is 15.3. The summed E-state index contributed by atoms with van der Waals surface area (Å²) < 4.78 is 0. The van der Waals surface area contributed by atoms with Crippen molar-refractivity contribution in [2.24, 2.45) is 11.3 Å². The van der Waals surface area contributed by atoms with Crippen LogP contribution in [0.4, 0.5) is 11.4 Å². The SMILES string of the molecule is CC(C)(C)C(=O)N1CCC(C(=O)NCCNc2ccccc2[N+](=O)[O-])CC1. The second kappa shape index (κ2) is 8.83. The molecule has 0 radical (unpaired) electrons. The number of nitrogens with zero attached hydrogens (tertiary/aromatic N) is 2. The van der Waals surface area contributed by atoms with E-state index in [-0.39, 0.29) is 23.4 Å². The van der Waals surface area contributed by atoms with Crippen LogP contribution in [-0.2, 0) is 9.59 Å². The molecule has 148 valence electrons. The molecule has 0 atom stereocenters. The van der Waals surface area contributed by atoms with Crippen LogP contribution in [0.25, 0.3) is 0 Å². The van der Waals surface area contributed by atoms with E-state index in [9.17, 15) is 19.7 Å². The molecule has 1 aromatic rings. The quantitative estimate of drug-likeness (QED) is 0.451. The van der Waals surface area contributed by atoms with Gasteiger partial charge in [0.05, 0.1) is 4.92 Å². The molecule has 0 unspecified atom stereocenters. The van der Waals surface area contributed by atoms with Gasteiger partial charge in [-0.3, -0.25) is 19.7 Å². The number of rotatable bonds is 6. The smallest absolute Gasteiger partial charge is 0.292 e. The maximum atomic E-state index is 12.3. The molecule has 1 saturated heterocycles. The van der Waals surface area contributed by atoms with Crippen LogP contribution in [0.1, 0.15) is 33.6 Å². The van der Waals surface area contributed by atoms with Gasteiger partial charge in [0.2, 0.25) is 11.8 Å². The van der Waals surface area contributed by atoms with Crippen molar-refractivity contribution in [3.8, 4) is 0 Å². The van der Waals surface area contributed by atoms with E-state index in [4.69, 9.17) is 0 Å². The third-order valence-electron chi connectivity index (χ3n) is 4.63. The number of piperidine rings is 1. The number of benzene rings is 1. The fourth-order valence-corrected chi connectivity index (χ4v) is 3.13. The number of nitro benzene ring substituents is 1. The van der Waals surface area contributed by atoms with E-state index in [2.05, 4.69) is 10.6 Å². The minimum absolute atomic E-state index is 0.0136. The van der Waals surface area contributed by atoms with Crippen LogP contribution in [0.3, 0.4) is 0 Å². The Labute approximate surface area is 159 Å². The minimum atomic E-state index is -0.437. The van der Waals surface area contributed by atoms with Gasteiger partial charge in [0.25, 0.3) is 5.69 Å². The number of amides is 2. The standard InChI is InChI=1S/C19H28N4O4/c1-19(2,3)18(25)22-12-8-14(9-13-22)17(24)21-11-10-20-15-6-4-5-7-16(15)23(26)27/h4-7,14,20H,8-13H2,1-3H3,(H,21,24). The molecular formula is C19H28N4O4. The Hall–Kier alpha value is -2.64. The van der Waals surface area contributed by atoms with Gasteiger partial charge in [0.1, 0.15) is 5.69 Å². The van der Waals surface area contributed by atoms with Crippen LogP contribution in [0, 0.1) is 21.4 Å². The number of anilines is 1. The zero-order chi connectivity index (χ0) is 20.0. The van der Waals surface area contributed by atoms with Crippen LogP contribution < -0.4 is 10.6 Å². The van der Waals surface area contributed by atoms with Crippen LogP contribution in [0.2, 0.25) is 0 Å². The summed E-state index contributed by atoms with van der Waals surface area (Å²) in [6.45, 7) is 7.68. The Kier molecular flexibility index (Phi) is 6.76. The van der Waals surface area contributed by atoms with Crippen molar-refractivity contribution in [2.75, 3.05) is 31.5 Å². The first-order valence-corrected chi connectivity index (χ1v) is 9.24. The van der Waals surface area contributed by atoms with Crippen molar-refractivity contribution in [1.82, 2.24) is 10.2 Å². The fourth-order valence-electron chi connectivity index (χ4n) is 3.13. The first-order valence-electron chi connectivity index (χ1n) is 9.24. The zero-order valence-corrected chi connectivity index (χ0v) is 16.2. The molecule has 1 aromatic carbocycles. The Morgan fingerprint density at radius 1 is 1.19 bits per heavy atom. The largest absolute Gasteiger partial charge is 0.378 e. The van der Waals surface area contributed by atoms with Crippen molar-refractivity contribution in [3.05, 3.63) is 34.4 Å². The van der Waals surface area contributed by atoms with E-state index < -0.39 is 10.3 Å². The van der Waals surface area contributed by atoms with E-state index in [1.807, 2.05) is 25.7 Å². The maximum absolute atomic E-state index is 12.3. The number of nitrogens with one attached hydrogen (secondary N) is 2. The molecule has 0 saturated carbocycles. The highest BCUT2D eigenvalue weighted by Crippen LogP contribution is 2.24. The van der Waals surface area contributed by atoms with E-state index in [0.29, 0.717) is 44.7 Å². The summed E-state index contributed by atoms with van der Waals surface area (Å²) in [5.41, 5.74) is 0.0475. The Morgan fingerprint density at radius 2 is 1.81 bits per heavy atom. The van der Waals surface area contributed by atoms with Crippen LogP contribution in [0.5, 0.6) is 0 Å². The molecule has 0 bridgehead atoms. The van der Waals surface area contributed by atoms with Gasteiger partial charge in [-0.2, -0.15) is 0 Å². The molecule has 1 heterocycles. The number of hydrogen-bond donors (Lipinski definition) is 2. The summed E-state index contributed by atoms with van der Waals surface area (Å²) in [6, 6.07) is 6.41. The predicted octanol–water partition coefficient (Wildman–Crippen LogP) is 2.41. The predicted molar refractivity (Wildman–Crippen MR) is 103 cm³/mol. The molecule has 1 aliphatic heterocycles. The molecule has 1 aliphatic rings. The van der Waals surface area contributed by atoms with Gasteiger partial charge in [0.15, 0.2) is 0 Å². The van der Waals surface area contributed by atoms with Gasteiger partial charge < -0.3 is 15.5 Å². The molecule has 8 nitrogen and oxygen atoms in total. The number of carbonyl (C=O) groups is 2. The monoisotopic (exact) mass is 376 g/mol. The molecule has 2 N–H and O–H groups in total. The lowest BCUT2D eigenvalue weighted by Crippen LogP contribution is -2.47. The fraction of sp³-hybridized carbons (Fsp3) is 0.579. The molecule has 2 rings (SSSR count). The third-order valence-corrected chi connectivity index (χ3v) is 4.63. The van der Waals surface area contributed by atoms with Gasteiger partial charge >= 0.3 is 0 Å². The van der Waals surface area contributed by atoms with Gasteiger partial charge in [-0.05, 0) is 18.9 Å². The van der Waals surface area contributed by atoms with E-state index in [0.717, 1.165) is 0 Å². The molecule has 2 amide bonds. The van der Waals surface area contributed by atoms with Crippen molar-refractivity contribution in [1.29, 1.82) is 0 Å². The van der Waals surface area contributed by atoms with Gasteiger partial charge in [-0.15, -0.1) is 0 Å². The molecule has 0 aromatic heterocycles. The van der Waals surface area contributed by atoms with Crippen molar-refractivity contribution < 1.29 is 14.5 Å². The Morgan fingerprint density at radius 3 is 2.41 bits per heavy atom. The Balaban J connectivity index is 1.73. The number of nitro groups is 1. The van der Waals surface area contributed by atoms with Crippen molar-refractivity contribution in [3.63, 3.8) is 0 Å². The topological polar surface area (TPSA) is 105 Å². The van der Waals surface area contributed by atoms with Crippen molar-refractivity contribution >= 4 is 23.2 Å². The zero-order valence-electron chi connectivity index (χ0n) is 16.2. The summed E-state index contributed by atoms with van der Waals surface area (Å²) in [6.07, 6.45) is 1.32. The Bertz CT molecular complexity index is 691. The molecule has 27 heavy (non-hydrogen) atoms. The minimum Gasteiger partial charge on any atom is -0.378 e. The lowest BCUT2D eigenvalue weighted by atomic mass is 9.91. The van der Waals surface area contributed by atoms with Crippen LogP contribution in [0.15, 0.2) is 24.3 Å². The molecule has 0 aliphatic carbocycles. The van der Waals surface area contributed by atoms with Crippen molar-refractivity contribution in [2.45, 2.75) is 33.6 Å². The average Bonchev–Trinajstić information content (AvgIpc) is 2.64. The average molecular weight is 376 g/mol. The summed E-state index contributed by atoms with van der Waals surface area (Å²) in [5.74, 6) is -0.00249. The highest BCUT2D eigenvalue weighted by Gasteiger charge is 2.32. The molecular weight excluding hydrogens is 348 g/mol. The third kappa shape index (κ3) is 5.67. The lowest BCUT2D eigenvalue weighted by molar-refractivity contribution is -0.384. The molecule has 1 fully saturated rings. The first kappa shape index (κ1) is 20.7. The van der Waals surface area contributed by atoms with E-state index >= 15 is 0 Å². The number of likely N-dealkylation sites (tertiary alicyclic amines) is 1. The maximum Gasteiger partial charge on any atom is 0.292 e. The summed E-state index contributed by atoms with van der Waals surface area (Å²) in [7, 11) is 0. The molecule has 8 heteroatoms. The number of para-hydroxylation sites is 2. The second-order valence-corrected chi connectivity index (χ2v) is 7.81. The second-order valence-electron chi connectivity index (χ2n) is 7.81. The van der Waals surface area contributed by atoms with Gasteiger partial charge in [-0.1, -0.05) is 32.9 Å². The summed E-state index contributed by atoms with van der Waals surface area (Å²) in [5, 5.41) is 16.8. The first-order chi connectivity index (χ1) is 12.7. The highest BCUT2D eigenvalue weighted by atomic mass is 16.6. The highest BCUT2D eigenvalue weighted by molar-refractivity contribution is 5.82. The lowest BCUT2D eigenvalue weighted by Gasteiger charge is -2.35. The number of carbonyl (C=O) groups excluding carboxylic acids is 2. The summed E-state index contributed by atoms with van der Waals surface area (Å²) >= 11 is 0. The van der Waals surface area contributed by atoms with Gasteiger partial charge in [0, 0.05) is 43.6 Å². The van der Waals surface area contributed by atoms with E-state index in [1.165, 1.54) is 6.07 Å². The van der Waals surface area contributed by atoms with Gasteiger partial charge in [-0.25, -0.2) is 0 Å². The van der Waals surface area contributed by atoms with Crippen LogP contribution >= 0.6 is 0 Å². The number of hydrogen-bond acceptors (Lipinski definition) is 5. The van der Waals surface area contributed by atoms with E-state index in [1.54, 1.807) is 18.2 Å². The molecule has 0 spiro atoms. The van der Waals surface area contributed by atoms with Crippen LogP contribution in [-0.4, -0.2) is 47.8 Å².